The van der Waals surface area contributed by atoms with E-state index in [1.165, 1.54) is 8.66 Å². The van der Waals surface area contributed by atoms with Gasteiger partial charge in [-0.25, -0.2) is 0 Å². The fourth-order valence-corrected chi connectivity index (χ4v) is 3.82. The number of nitrogens with zero attached hydrogens (tertiary/aromatic N) is 1. The number of halogens is 1. The molecule has 2 nitrogen and oxygen atoms in total. The minimum atomic E-state index is 0.187. The van der Waals surface area contributed by atoms with Gasteiger partial charge < -0.3 is 10.2 Å². The van der Waals surface area contributed by atoms with Gasteiger partial charge in [-0.15, -0.1) is 11.3 Å². The van der Waals surface area contributed by atoms with E-state index in [-0.39, 0.29) is 5.54 Å². The van der Waals surface area contributed by atoms with Crippen LogP contribution in [0.4, 0.5) is 0 Å². The van der Waals surface area contributed by atoms with Crippen LogP contribution in [0.5, 0.6) is 0 Å². The number of hydrogen-bond acceptors (Lipinski definition) is 3. The lowest BCUT2D eigenvalue weighted by Gasteiger charge is -2.43. The molecule has 1 N–H and O–H groups in total. The largest absolute Gasteiger partial charge is 0.312 e. The van der Waals surface area contributed by atoms with E-state index in [0.29, 0.717) is 6.04 Å². The molecule has 2 atom stereocenters. The predicted octanol–water partition coefficient (Wildman–Crippen LogP) is 3.76. The smallest absolute Gasteiger partial charge is 0.0701 e. The lowest BCUT2D eigenvalue weighted by atomic mass is 9.85. The number of hydrogen-bond donors (Lipinski definition) is 1. The summed E-state index contributed by atoms with van der Waals surface area (Å²) in [6, 6.07) is 4.85. The molecule has 4 heteroatoms. The van der Waals surface area contributed by atoms with Crippen molar-refractivity contribution in [3.63, 3.8) is 0 Å². The first kappa shape index (κ1) is 16.2. The quantitative estimate of drug-likeness (QED) is 0.817. The number of rotatable bonds is 7. The monoisotopic (exact) mass is 332 g/mol. The highest BCUT2D eigenvalue weighted by Crippen LogP contribution is 2.28. The van der Waals surface area contributed by atoms with E-state index in [2.05, 4.69) is 73.1 Å². The Balaban J connectivity index is 2.87. The van der Waals surface area contributed by atoms with Crippen molar-refractivity contribution in [1.82, 2.24) is 10.2 Å². The molecule has 0 aromatic carbocycles. The molecule has 0 aliphatic rings. The first-order valence-electron chi connectivity index (χ1n) is 6.59. The molecule has 0 aliphatic carbocycles. The zero-order chi connectivity index (χ0) is 13.8. The molecule has 104 valence electrons. The van der Waals surface area contributed by atoms with Gasteiger partial charge in [-0.05, 0) is 68.5 Å². The number of nitrogens with one attached hydrogen (secondary N) is 1. The van der Waals surface area contributed by atoms with Crippen molar-refractivity contribution >= 4 is 27.3 Å². The molecular formula is C14H25BrN2S. The number of likely N-dealkylation sites (N-methyl/N-ethyl adjacent to an activating group) is 2. The predicted molar refractivity (Wildman–Crippen MR) is 85.6 cm³/mol. The Bertz CT molecular complexity index is 364. The maximum absolute atomic E-state index is 3.66. The highest BCUT2D eigenvalue weighted by molar-refractivity contribution is 9.11. The first-order valence-corrected chi connectivity index (χ1v) is 8.20. The van der Waals surface area contributed by atoms with Crippen LogP contribution < -0.4 is 5.32 Å². The SMILES string of the molecule is CCNC(Cc1ccc(Br)s1)C(C)(CC)N(C)C. The second kappa shape index (κ2) is 7.04. The molecule has 1 aromatic rings. The van der Waals surface area contributed by atoms with Crippen molar-refractivity contribution in [3.8, 4) is 0 Å². The van der Waals surface area contributed by atoms with E-state index in [1.807, 2.05) is 11.3 Å². The third kappa shape index (κ3) is 3.80. The van der Waals surface area contributed by atoms with Crippen LogP contribution in [0, 0.1) is 0 Å². The molecular weight excluding hydrogens is 308 g/mol. The van der Waals surface area contributed by atoms with E-state index in [0.717, 1.165) is 19.4 Å². The van der Waals surface area contributed by atoms with Gasteiger partial charge in [-0.3, -0.25) is 0 Å². The molecule has 0 radical (unpaired) electrons. The summed E-state index contributed by atoms with van der Waals surface area (Å²) in [4.78, 5) is 3.79. The summed E-state index contributed by atoms with van der Waals surface area (Å²) >= 11 is 5.38. The van der Waals surface area contributed by atoms with Gasteiger partial charge in [-0.1, -0.05) is 13.8 Å². The van der Waals surface area contributed by atoms with Crippen LogP contribution in [0.15, 0.2) is 15.9 Å². The summed E-state index contributed by atoms with van der Waals surface area (Å²) in [6.07, 6.45) is 2.23. The van der Waals surface area contributed by atoms with Gasteiger partial charge >= 0.3 is 0 Å². The molecule has 1 aromatic heterocycles. The van der Waals surface area contributed by atoms with Gasteiger partial charge in [0.25, 0.3) is 0 Å². The highest BCUT2D eigenvalue weighted by Gasteiger charge is 2.34. The normalized spacial score (nSPS) is 16.8. The van der Waals surface area contributed by atoms with Gasteiger partial charge in [0, 0.05) is 16.5 Å². The van der Waals surface area contributed by atoms with Crippen molar-refractivity contribution in [2.75, 3.05) is 20.6 Å². The van der Waals surface area contributed by atoms with Gasteiger partial charge in [0.15, 0.2) is 0 Å². The van der Waals surface area contributed by atoms with E-state index >= 15 is 0 Å². The number of thiophene rings is 1. The van der Waals surface area contributed by atoms with Crippen molar-refractivity contribution < 1.29 is 0 Å². The topological polar surface area (TPSA) is 15.3 Å². The summed E-state index contributed by atoms with van der Waals surface area (Å²) in [5, 5.41) is 3.66. The average molecular weight is 333 g/mol. The Kier molecular flexibility index (Phi) is 6.31. The second-order valence-corrected chi connectivity index (χ2v) is 7.67. The van der Waals surface area contributed by atoms with E-state index < -0.39 is 0 Å². The van der Waals surface area contributed by atoms with E-state index in [4.69, 9.17) is 0 Å². The first-order chi connectivity index (χ1) is 8.43. The van der Waals surface area contributed by atoms with Crippen LogP contribution in [-0.2, 0) is 6.42 Å². The van der Waals surface area contributed by atoms with Crippen LogP contribution >= 0.6 is 27.3 Å². The zero-order valence-electron chi connectivity index (χ0n) is 12.1. The molecule has 0 amide bonds. The van der Waals surface area contributed by atoms with Crippen LogP contribution in [0.25, 0.3) is 0 Å². The summed E-state index contributed by atoms with van der Waals surface area (Å²) in [7, 11) is 4.36. The van der Waals surface area contributed by atoms with Crippen molar-refractivity contribution in [3.05, 3.63) is 20.8 Å². The second-order valence-electron chi connectivity index (χ2n) is 5.13. The molecule has 0 saturated heterocycles. The molecule has 1 heterocycles. The Morgan fingerprint density at radius 1 is 1.39 bits per heavy atom. The van der Waals surface area contributed by atoms with E-state index in [9.17, 15) is 0 Å². The van der Waals surface area contributed by atoms with Crippen molar-refractivity contribution in [2.45, 2.75) is 45.2 Å². The Labute approximate surface area is 124 Å². The molecule has 0 saturated carbocycles. The van der Waals surface area contributed by atoms with Crippen LogP contribution in [0.3, 0.4) is 0 Å². The molecule has 1 rings (SSSR count). The van der Waals surface area contributed by atoms with Crippen LogP contribution in [0.1, 0.15) is 32.1 Å². The Hall–Kier alpha value is 0.1000. The highest BCUT2D eigenvalue weighted by atomic mass is 79.9. The average Bonchev–Trinajstić information content (AvgIpc) is 2.73. The van der Waals surface area contributed by atoms with Gasteiger partial charge in [0.2, 0.25) is 0 Å². The lowest BCUT2D eigenvalue weighted by molar-refractivity contribution is 0.113. The minimum Gasteiger partial charge on any atom is -0.312 e. The molecule has 0 aliphatic heterocycles. The lowest BCUT2D eigenvalue weighted by Crippen LogP contribution is -2.57. The minimum absolute atomic E-state index is 0.187. The fourth-order valence-electron chi connectivity index (χ4n) is 2.30. The third-order valence-electron chi connectivity index (χ3n) is 3.97. The third-order valence-corrected chi connectivity index (χ3v) is 5.62. The zero-order valence-corrected chi connectivity index (χ0v) is 14.5. The molecule has 18 heavy (non-hydrogen) atoms. The fraction of sp³-hybridized carbons (Fsp3) is 0.714. The summed E-state index contributed by atoms with van der Waals surface area (Å²) in [5.41, 5.74) is 0.187. The molecule has 0 fully saturated rings. The standard InChI is InChI=1S/C14H25BrN2S/c1-6-14(3,17(4)5)12(16-7-2)10-11-8-9-13(15)18-11/h8-9,12,16H,6-7,10H2,1-5H3. The van der Waals surface area contributed by atoms with E-state index in [1.54, 1.807) is 0 Å². The van der Waals surface area contributed by atoms with Gasteiger partial charge in [0.1, 0.15) is 0 Å². The summed E-state index contributed by atoms with van der Waals surface area (Å²) in [5.74, 6) is 0. The van der Waals surface area contributed by atoms with Crippen LogP contribution in [-0.4, -0.2) is 37.1 Å². The van der Waals surface area contributed by atoms with Gasteiger partial charge in [0.05, 0.1) is 3.79 Å². The maximum atomic E-state index is 3.66. The summed E-state index contributed by atoms with van der Waals surface area (Å²) < 4.78 is 1.22. The Morgan fingerprint density at radius 2 is 2.06 bits per heavy atom. The molecule has 0 spiro atoms. The van der Waals surface area contributed by atoms with Crippen molar-refractivity contribution in [1.29, 1.82) is 0 Å². The molecule has 2 unspecified atom stereocenters. The van der Waals surface area contributed by atoms with Gasteiger partial charge in [-0.2, -0.15) is 0 Å². The summed E-state index contributed by atoms with van der Waals surface area (Å²) in [6.45, 7) is 7.82. The molecule has 0 bridgehead atoms. The van der Waals surface area contributed by atoms with Crippen molar-refractivity contribution in [2.24, 2.45) is 0 Å². The van der Waals surface area contributed by atoms with Crippen LogP contribution in [0.2, 0.25) is 0 Å². The maximum Gasteiger partial charge on any atom is 0.0701 e. The Morgan fingerprint density at radius 3 is 2.44 bits per heavy atom.